The third-order valence-corrected chi connectivity index (χ3v) is 5.00. The number of anilines is 2. The second-order valence-corrected chi connectivity index (χ2v) is 7.39. The maximum atomic E-state index is 12.6. The summed E-state index contributed by atoms with van der Waals surface area (Å²) < 4.78 is 5.23. The van der Waals surface area contributed by atoms with E-state index >= 15 is 0 Å². The van der Waals surface area contributed by atoms with Gasteiger partial charge in [0.1, 0.15) is 17.9 Å². The van der Waals surface area contributed by atoms with Crippen LogP contribution < -0.4 is 15.4 Å². The first kappa shape index (κ1) is 21.1. The van der Waals surface area contributed by atoms with Gasteiger partial charge in [0, 0.05) is 29.4 Å². The van der Waals surface area contributed by atoms with Crippen molar-refractivity contribution in [1.29, 1.82) is 0 Å². The maximum absolute atomic E-state index is 12.6. The molecule has 0 fully saturated rings. The first-order chi connectivity index (χ1) is 15.6. The molecule has 1 aromatic heterocycles. The molecule has 0 saturated carbocycles. The molecule has 4 rings (SSSR count). The highest BCUT2D eigenvalue weighted by molar-refractivity contribution is 5.95. The second kappa shape index (κ2) is 9.75. The fourth-order valence-electron chi connectivity index (χ4n) is 3.26. The van der Waals surface area contributed by atoms with E-state index in [1.165, 1.54) is 11.9 Å². The lowest BCUT2D eigenvalue weighted by Gasteiger charge is -2.10. The monoisotopic (exact) mass is 424 g/mol. The van der Waals surface area contributed by atoms with E-state index < -0.39 is 0 Å². The summed E-state index contributed by atoms with van der Waals surface area (Å²) in [5, 5.41) is 6.21. The number of aromatic nitrogens is 2. The summed E-state index contributed by atoms with van der Waals surface area (Å²) in [6.45, 7) is 2.47. The van der Waals surface area contributed by atoms with E-state index in [4.69, 9.17) is 4.74 Å². The number of hydrogen-bond donors (Lipinski definition) is 2. The lowest BCUT2D eigenvalue weighted by molar-refractivity contribution is 0.0951. The minimum Gasteiger partial charge on any atom is -0.497 e. The maximum Gasteiger partial charge on any atom is 0.251 e. The van der Waals surface area contributed by atoms with Gasteiger partial charge in [0.05, 0.1) is 12.8 Å². The van der Waals surface area contributed by atoms with E-state index in [0.29, 0.717) is 17.9 Å². The SMILES string of the molecule is COc1cccc(CNC(=O)c2cccc(Nc3cc(-c4ccc(C)cc4)ncn3)c2)c1. The first-order valence-corrected chi connectivity index (χ1v) is 10.3. The van der Waals surface area contributed by atoms with Gasteiger partial charge in [0.2, 0.25) is 0 Å². The molecule has 0 aliphatic heterocycles. The molecular formula is C26H24N4O2. The van der Waals surface area contributed by atoms with Crippen molar-refractivity contribution in [2.24, 2.45) is 0 Å². The summed E-state index contributed by atoms with van der Waals surface area (Å²) in [6.07, 6.45) is 1.53. The van der Waals surface area contributed by atoms with Crippen molar-refractivity contribution in [2.75, 3.05) is 12.4 Å². The number of rotatable bonds is 7. The van der Waals surface area contributed by atoms with Crippen LogP contribution in [0.3, 0.4) is 0 Å². The van der Waals surface area contributed by atoms with Gasteiger partial charge in [-0.1, -0.05) is 48.0 Å². The van der Waals surface area contributed by atoms with Crippen LogP contribution in [0.5, 0.6) is 5.75 Å². The van der Waals surface area contributed by atoms with E-state index in [1.807, 2.05) is 54.6 Å². The zero-order valence-corrected chi connectivity index (χ0v) is 18.0. The Bertz CT molecular complexity index is 1220. The van der Waals surface area contributed by atoms with Crippen LogP contribution in [0.15, 0.2) is 85.2 Å². The van der Waals surface area contributed by atoms with Crippen LogP contribution in [0, 0.1) is 6.92 Å². The number of amides is 1. The van der Waals surface area contributed by atoms with Gasteiger partial charge in [0.15, 0.2) is 0 Å². The Morgan fingerprint density at radius 1 is 0.938 bits per heavy atom. The van der Waals surface area contributed by atoms with Gasteiger partial charge < -0.3 is 15.4 Å². The van der Waals surface area contributed by atoms with Crippen molar-refractivity contribution in [2.45, 2.75) is 13.5 Å². The van der Waals surface area contributed by atoms with Crippen LogP contribution >= 0.6 is 0 Å². The average molecular weight is 425 g/mol. The number of nitrogens with zero attached hydrogens (tertiary/aromatic N) is 2. The van der Waals surface area contributed by atoms with Gasteiger partial charge in [-0.15, -0.1) is 0 Å². The summed E-state index contributed by atoms with van der Waals surface area (Å²) in [5.41, 5.74) is 5.35. The molecule has 6 heteroatoms. The van der Waals surface area contributed by atoms with Crippen LogP contribution in [-0.4, -0.2) is 23.0 Å². The largest absolute Gasteiger partial charge is 0.497 e. The number of benzene rings is 3. The van der Waals surface area contributed by atoms with E-state index in [9.17, 15) is 4.79 Å². The Labute approximate surface area is 187 Å². The van der Waals surface area contributed by atoms with Crippen LogP contribution in [0.2, 0.25) is 0 Å². The molecular weight excluding hydrogens is 400 g/mol. The molecule has 0 bridgehead atoms. The highest BCUT2D eigenvalue weighted by Crippen LogP contribution is 2.22. The van der Waals surface area contributed by atoms with Crippen molar-refractivity contribution in [3.63, 3.8) is 0 Å². The van der Waals surface area contributed by atoms with Gasteiger partial charge in [0.25, 0.3) is 5.91 Å². The molecule has 32 heavy (non-hydrogen) atoms. The Kier molecular flexibility index (Phi) is 6.41. The second-order valence-electron chi connectivity index (χ2n) is 7.39. The highest BCUT2D eigenvalue weighted by atomic mass is 16.5. The Morgan fingerprint density at radius 2 is 1.75 bits per heavy atom. The third-order valence-electron chi connectivity index (χ3n) is 5.00. The summed E-state index contributed by atoms with van der Waals surface area (Å²) in [4.78, 5) is 21.3. The van der Waals surface area contributed by atoms with Crippen LogP contribution in [0.25, 0.3) is 11.3 Å². The fraction of sp³-hybridized carbons (Fsp3) is 0.115. The molecule has 3 aromatic carbocycles. The summed E-state index contributed by atoms with van der Waals surface area (Å²) in [5.74, 6) is 1.27. The van der Waals surface area contributed by atoms with E-state index in [1.54, 1.807) is 19.2 Å². The minimum absolute atomic E-state index is 0.153. The number of carbonyl (C=O) groups excluding carboxylic acids is 1. The molecule has 0 aliphatic carbocycles. The number of carbonyl (C=O) groups is 1. The van der Waals surface area contributed by atoms with E-state index in [-0.39, 0.29) is 5.91 Å². The molecule has 4 aromatic rings. The topological polar surface area (TPSA) is 76.1 Å². The number of nitrogens with one attached hydrogen (secondary N) is 2. The molecule has 1 amide bonds. The van der Waals surface area contributed by atoms with Gasteiger partial charge >= 0.3 is 0 Å². The lowest BCUT2D eigenvalue weighted by atomic mass is 10.1. The summed E-state index contributed by atoms with van der Waals surface area (Å²) in [7, 11) is 1.62. The zero-order valence-electron chi connectivity index (χ0n) is 18.0. The van der Waals surface area contributed by atoms with E-state index in [0.717, 1.165) is 28.3 Å². The average Bonchev–Trinajstić information content (AvgIpc) is 2.83. The van der Waals surface area contributed by atoms with Crippen molar-refractivity contribution in [3.8, 4) is 17.0 Å². The third kappa shape index (κ3) is 5.29. The van der Waals surface area contributed by atoms with Gasteiger partial charge in [-0.05, 0) is 42.8 Å². The normalized spacial score (nSPS) is 10.4. The molecule has 0 radical (unpaired) electrons. The standard InChI is InChI=1S/C26H24N4O2/c1-18-9-11-20(12-10-18)24-15-25(29-17-28-24)30-22-7-4-6-21(14-22)26(31)27-16-19-5-3-8-23(13-19)32-2/h3-15,17H,16H2,1-2H3,(H,27,31)(H,28,29,30). The predicted octanol–water partition coefficient (Wildman–Crippen LogP) is 5.13. The number of ether oxygens (including phenoxy) is 1. The van der Waals surface area contributed by atoms with Crippen molar-refractivity contribution in [3.05, 3.63) is 102 Å². The van der Waals surface area contributed by atoms with Crippen molar-refractivity contribution < 1.29 is 9.53 Å². The molecule has 0 atom stereocenters. The Hall–Kier alpha value is -4.19. The van der Waals surface area contributed by atoms with Crippen LogP contribution in [0.4, 0.5) is 11.5 Å². The Morgan fingerprint density at radius 3 is 2.56 bits per heavy atom. The molecule has 0 aliphatic rings. The number of methoxy groups -OCH3 is 1. The van der Waals surface area contributed by atoms with Gasteiger partial charge in [-0.25, -0.2) is 9.97 Å². The number of aryl methyl sites for hydroxylation is 1. The first-order valence-electron chi connectivity index (χ1n) is 10.3. The van der Waals surface area contributed by atoms with Crippen molar-refractivity contribution >= 4 is 17.4 Å². The molecule has 0 spiro atoms. The van der Waals surface area contributed by atoms with Gasteiger partial charge in [-0.2, -0.15) is 0 Å². The summed E-state index contributed by atoms with van der Waals surface area (Å²) in [6, 6.07) is 25.0. The molecule has 160 valence electrons. The summed E-state index contributed by atoms with van der Waals surface area (Å²) >= 11 is 0. The lowest BCUT2D eigenvalue weighted by Crippen LogP contribution is -2.22. The zero-order chi connectivity index (χ0) is 22.3. The predicted molar refractivity (Wildman–Crippen MR) is 126 cm³/mol. The fourth-order valence-corrected chi connectivity index (χ4v) is 3.26. The molecule has 0 saturated heterocycles. The molecule has 0 unspecified atom stereocenters. The molecule has 2 N–H and O–H groups in total. The highest BCUT2D eigenvalue weighted by Gasteiger charge is 2.08. The van der Waals surface area contributed by atoms with E-state index in [2.05, 4.69) is 39.7 Å². The van der Waals surface area contributed by atoms with Gasteiger partial charge in [-0.3, -0.25) is 4.79 Å². The molecule has 6 nitrogen and oxygen atoms in total. The molecule has 1 heterocycles. The quantitative estimate of drug-likeness (QED) is 0.430. The van der Waals surface area contributed by atoms with Crippen LogP contribution in [-0.2, 0) is 6.54 Å². The number of hydrogen-bond acceptors (Lipinski definition) is 5. The smallest absolute Gasteiger partial charge is 0.251 e. The van der Waals surface area contributed by atoms with Crippen molar-refractivity contribution in [1.82, 2.24) is 15.3 Å². The minimum atomic E-state index is -0.153. The van der Waals surface area contributed by atoms with Crippen LogP contribution in [0.1, 0.15) is 21.5 Å². The Balaban J connectivity index is 1.44.